The summed E-state index contributed by atoms with van der Waals surface area (Å²) in [6, 6.07) is 6.79. The van der Waals surface area contributed by atoms with Gasteiger partial charge in [0.1, 0.15) is 11.8 Å². The van der Waals surface area contributed by atoms with Crippen LogP contribution in [0.15, 0.2) is 24.3 Å². The number of nitrogens with one attached hydrogen (secondary N) is 1. The van der Waals surface area contributed by atoms with Crippen LogP contribution in [-0.2, 0) is 15.0 Å². The molecule has 2 N–H and O–H groups in total. The van der Waals surface area contributed by atoms with Gasteiger partial charge in [0.15, 0.2) is 6.61 Å². The Morgan fingerprint density at radius 1 is 1.29 bits per heavy atom. The lowest BCUT2D eigenvalue weighted by molar-refractivity contribution is -0.142. The summed E-state index contributed by atoms with van der Waals surface area (Å²) in [5.41, 5.74) is 1.31. The van der Waals surface area contributed by atoms with Crippen LogP contribution in [0.25, 0.3) is 0 Å². The highest BCUT2D eigenvalue weighted by Gasteiger charge is 2.20. The fourth-order valence-electron chi connectivity index (χ4n) is 2.08. The molecule has 0 fully saturated rings. The van der Waals surface area contributed by atoms with Crippen molar-refractivity contribution in [2.75, 3.05) is 18.6 Å². The van der Waals surface area contributed by atoms with Gasteiger partial charge >= 0.3 is 5.97 Å². The van der Waals surface area contributed by atoms with Gasteiger partial charge in [-0.05, 0) is 48.0 Å². The minimum atomic E-state index is -1.02. The molecule has 0 aliphatic heterocycles. The van der Waals surface area contributed by atoms with Crippen molar-refractivity contribution in [1.82, 2.24) is 5.32 Å². The predicted molar refractivity (Wildman–Crippen MR) is 97.8 cm³/mol. The first-order chi connectivity index (χ1) is 11.3. The smallest absolute Gasteiger partial charge is 0.326 e. The molecule has 134 valence electrons. The van der Waals surface area contributed by atoms with E-state index in [1.54, 1.807) is 11.8 Å². The van der Waals surface area contributed by atoms with Crippen LogP contribution in [0.4, 0.5) is 0 Å². The molecule has 1 amide bonds. The van der Waals surface area contributed by atoms with Gasteiger partial charge in [0.05, 0.1) is 0 Å². The zero-order valence-electron chi connectivity index (χ0n) is 14.8. The van der Waals surface area contributed by atoms with Crippen molar-refractivity contribution in [1.29, 1.82) is 0 Å². The zero-order chi connectivity index (χ0) is 18.2. The third kappa shape index (κ3) is 6.43. The monoisotopic (exact) mass is 353 g/mol. The minimum Gasteiger partial charge on any atom is -0.484 e. The van der Waals surface area contributed by atoms with Gasteiger partial charge in [-0.15, -0.1) is 0 Å². The molecule has 1 aromatic carbocycles. The van der Waals surface area contributed by atoms with Crippen LogP contribution in [0, 0.1) is 0 Å². The van der Waals surface area contributed by atoms with Crippen LogP contribution >= 0.6 is 11.8 Å². The lowest BCUT2D eigenvalue weighted by Gasteiger charge is -2.23. The maximum absolute atomic E-state index is 11.9. The Morgan fingerprint density at radius 3 is 2.42 bits per heavy atom. The van der Waals surface area contributed by atoms with E-state index in [9.17, 15) is 9.59 Å². The molecule has 6 heteroatoms. The molecule has 24 heavy (non-hydrogen) atoms. The lowest BCUT2D eigenvalue weighted by atomic mass is 9.82. The molecule has 1 aromatic rings. The van der Waals surface area contributed by atoms with E-state index in [0.717, 1.165) is 6.42 Å². The zero-order valence-corrected chi connectivity index (χ0v) is 15.6. The average molecular weight is 353 g/mol. The van der Waals surface area contributed by atoms with E-state index < -0.39 is 17.9 Å². The molecule has 1 rings (SSSR count). The first-order valence-electron chi connectivity index (χ1n) is 8.04. The number of aliphatic carboxylic acids is 1. The maximum atomic E-state index is 11.9. The van der Waals surface area contributed by atoms with Gasteiger partial charge in [0.25, 0.3) is 5.91 Å². The lowest BCUT2D eigenvalue weighted by Crippen LogP contribution is -2.43. The molecule has 0 bridgehead atoms. The molecule has 0 radical (unpaired) electrons. The summed E-state index contributed by atoms with van der Waals surface area (Å²) in [6.45, 7) is 6.30. The van der Waals surface area contributed by atoms with Crippen molar-refractivity contribution in [2.45, 2.75) is 45.1 Å². The van der Waals surface area contributed by atoms with Crippen LogP contribution in [-0.4, -0.2) is 41.6 Å². The fourth-order valence-corrected chi connectivity index (χ4v) is 2.56. The van der Waals surface area contributed by atoms with Crippen molar-refractivity contribution < 1.29 is 19.4 Å². The molecule has 0 heterocycles. The highest BCUT2D eigenvalue weighted by molar-refractivity contribution is 7.98. The summed E-state index contributed by atoms with van der Waals surface area (Å²) in [6.07, 6.45) is 3.32. The number of rotatable bonds is 10. The van der Waals surface area contributed by atoms with Gasteiger partial charge in [-0.3, -0.25) is 4.79 Å². The van der Waals surface area contributed by atoms with Crippen LogP contribution < -0.4 is 10.1 Å². The Labute approximate surface area is 148 Å². The van der Waals surface area contributed by atoms with Crippen molar-refractivity contribution in [3.8, 4) is 5.75 Å². The van der Waals surface area contributed by atoms with E-state index in [-0.39, 0.29) is 12.0 Å². The van der Waals surface area contributed by atoms with Gasteiger partial charge in [-0.25, -0.2) is 4.79 Å². The average Bonchev–Trinajstić information content (AvgIpc) is 2.56. The van der Waals surface area contributed by atoms with Crippen LogP contribution in [0.3, 0.4) is 0 Å². The van der Waals surface area contributed by atoms with E-state index in [4.69, 9.17) is 9.84 Å². The second-order valence-corrected chi connectivity index (χ2v) is 7.28. The van der Waals surface area contributed by atoms with Gasteiger partial charge in [-0.2, -0.15) is 11.8 Å². The topological polar surface area (TPSA) is 75.6 Å². The summed E-state index contributed by atoms with van der Waals surface area (Å²) < 4.78 is 5.44. The first kappa shape index (κ1) is 20.4. The van der Waals surface area contributed by atoms with E-state index in [1.807, 2.05) is 30.5 Å². The predicted octanol–water partition coefficient (Wildman–Crippen LogP) is 3.08. The molecule has 0 saturated heterocycles. The molecule has 0 unspecified atom stereocenters. The molecule has 0 aliphatic rings. The van der Waals surface area contributed by atoms with E-state index in [1.165, 1.54) is 5.56 Å². The number of carbonyl (C=O) groups is 2. The SMILES string of the molecule is CCC(C)(C)c1ccc(OCC(=O)N[C@H](CCSC)C(=O)O)cc1. The van der Waals surface area contributed by atoms with Crippen LogP contribution in [0.2, 0.25) is 0 Å². The number of carboxylic acid groups (broad SMARTS) is 1. The molecule has 0 spiro atoms. The maximum Gasteiger partial charge on any atom is 0.326 e. The summed E-state index contributed by atoms with van der Waals surface area (Å²) >= 11 is 1.54. The molecule has 0 saturated carbocycles. The molecular formula is C18H27NO4S. The molecule has 1 atom stereocenters. The second kappa shape index (κ2) is 9.57. The van der Waals surface area contributed by atoms with Crippen molar-refractivity contribution >= 4 is 23.6 Å². The summed E-state index contributed by atoms with van der Waals surface area (Å²) in [5, 5.41) is 11.6. The van der Waals surface area contributed by atoms with Crippen molar-refractivity contribution in [3.05, 3.63) is 29.8 Å². The number of ether oxygens (including phenoxy) is 1. The van der Waals surface area contributed by atoms with E-state index in [0.29, 0.717) is 17.9 Å². The Bertz CT molecular complexity index is 542. The second-order valence-electron chi connectivity index (χ2n) is 6.29. The fraction of sp³-hybridized carbons (Fsp3) is 0.556. The number of hydrogen-bond donors (Lipinski definition) is 2. The largest absolute Gasteiger partial charge is 0.484 e. The van der Waals surface area contributed by atoms with Gasteiger partial charge < -0.3 is 15.2 Å². The van der Waals surface area contributed by atoms with Crippen molar-refractivity contribution in [2.24, 2.45) is 0 Å². The Hall–Kier alpha value is -1.69. The quantitative estimate of drug-likeness (QED) is 0.676. The standard InChI is InChI=1S/C18H27NO4S/c1-5-18(2,3)13-6-8-14(9-7-13)23-12-16(20)19-15(17(21)22)10-11-24-4/h6-9,15H,5,10-12H2,1-4H3,(H,19,20)(H,21,22)/t15-/m1/s1. The van der Waals surface area contributed by atoms with E-state index >= 15 is 0 Å². The Kier molecular flexibility index (Phi) is 8.11. The van der Waals surface area contributed by atoms with Crippen molar-refractivity contribution in [3.63, 3.8) is 0 Å². The van der Waals surface area contributed by atoms with Gasteiger partial charge in [-0.1, -0.05) is 32.9 Å². The van der Waals surface area contributed by atoms with E-state index in [2.05, 4.69) is 26.1 Å². The minimum absolute atomic E-state index is 0.0991. The number of carbonyl (C=O) groups excluding carboxylic acids is 1. The number of benzene rings is 1. The summed E-state index contributed by atoms with van der Waals surface area (Å²) in [4.78, 5) is 23.0. The summed E-state index contributed by atoms with van der Waals surface area (Å²) in [5.74, 6) is -0.186. The number of thioether (sulfide) groups is 1. The molecule has 0 aliphatic carbocycles. The highest BCUT2D eigenvalue weighted by atomic mass is 32.2. The van der Waals surface area contributed by atoms with Gasteiger partial charge in [0.2, 0.25) is 0 Å². The highest BCUT2D eigenvalue weighted by Crippen LogP contribution is 2.27. The Balaban J connectivity index is 2.53. The number of carboxylic acids is 1. The van der Waals surface area contributed by atoms with Gasteiger partial charge in [0, 0.05) is 0 Å². The normalized spacial score (nSPS) is 12.5. The number of hydrogen-bond acceptors (Lipinski definition) is 4. The van der Waals surface area contributed by atoms with Crippen LogP contribution in [0.5, 0.6) is 5.75 Å². The Morgan fingerprint density at radius 2 is 1.92 bits per heavy atom. The number of amides is 1. The van der Waals surface area contributed by atoms with Crippen LogP contribution in [0.1, 0.15) is 39.2 Å². The third-order valence-corrected chi connectivity index (χ3v) is 4.78. The molecule has 5 nitrogen and oxygen atoms in total. The summed E-state index contributed by atoms with van der Waals surface area (Å²) in [7, 11) is 0. The first-order valence-corrected chi connectivity index (χ1v) is 9.44. The molecule has 0 aromatic heterocycles. The molecular weight excluding hydrogens is 326 g/mol. The third-order valence-electron chi connectivity index (χ3n) is 4.13.